The van der Waals surface area contributed by atoms with E-state index < -0.39 is 0 Å². The quantitative estimate of drug-likeness (QED) is 0.572. The smallest absolute Gasteiger partial charge is 0.254 e. The second-order valence-electron chi connectivity index (χ2n) is 8.02. The lowest BCUT2D eigenvalue weighted by Gasteiger charge is -2.38. The molecule has 2 aromatic carbocycles. The molecular weight excluding hydrogens is 372 g/mol. The Morgan fingerprint density at radius 3 is 2.07 bits per heavy atom. The van der Waals surface area contributed by atoms with Crippen LogP contribution in [0.4, 0.5) is 5.82 Å². The van der Waals surface area contributed by atoms with E-state index in [4.69, 9.17) is 0 Å². The minimum Gasteiger partial charge on any atom is -0.345 e. The molecule has 1 N–H and O–H groups in total. The van der Waals surface area contributed by atoms with Crippen LogP contribution in [0, 0.1) is 13.8 Å². The lowest BCUT2D eigenvalue weighted by molar-refractivity contribution is -0.926. The van der Waals surface area contributed by atoms with Gasteiger partial charge >= 0.3 is 0 Å². The molecule has 0 atom stereocenters. The standard InChI is InChI=1S/C24H26N6/c1-18-19(2)27-24-25-17-26-30(24)23(18)29-15-13-28(14-16-29)22(20-9-5-3-6-10-20)21-11-7-4-8-12-21/h3-12,17,22H,13-16H2,1-2H3/p+1. The molecule has 0 unspecified atom stereocenters. The summed E-state index contributed by atoms with van der Waals surface area (Å²) in [7, 11) is 0. The zero-order chi connectivity index (χ0) is 20.5. The number of aromatic nitrogens is 4. The zero-order valence-electron chi connectivity index (χ0n) is 17.5. The van der Waals surface area contributed by atoms with Gasteiger partial charge in [-0.1, -0.05) is 60.7 Å². The van der Waals surface area contributed by atoms with E-state index in [0.29, 0.717) is 11.8 Å². The maximum atomic E-state index is 4.57. The highest BCUT2D eigenvalue weighted by Crippen LogP contribution is 2.23. The predicted octanol–water partition coefficient (Wildman–Crippen LogP) is 2.24. The zero-order valence-corrected chi connectivity index (χ0v) is 17.5. The van der Waals surface area contributed by atoms with Gasteiger partial charge in [-0.3, -0.25) is 0 Å². The number of piperazine rings is 1. The molecule has 6 nitrogen and oxygen atoms in total. The Hall–Kier alpha value is -3.25. The summed E-state index contributed by atoms with van der Waals surface area (Å²) in [5.74, 6) is 1.80. The lowest BCUT2D eigenvalue weighted by Crippen LogP contribution is -3.15. The largest absolute Gasteiger partial charge is 0.345 e. The summed E-state index contributed by atoms with van der Waals surface area (Å²) < 4.78 is 1.89. The van der Waals surface area contributed by atoms with E-state index in [2.05, 4.69) is 94.5 Å². The van der Waals surface area contributed by atoms with Crippen LogP contribution in [0.3, 0.4) is 0 Å². The van der Waals surface area contributed by atoms with Gasteiger partial charge in [0.05, 0.1) is 26.2 Å². The summed E-state index contributed by atoms with van der Waals surface area (Å²) in [6.45, 7) is 8.26. The monoisotopic (exact) mass is 399 g/mol. The fraction of sp³-hybridized carbons (Fsp3) is 0.292. The van der Waals surface area contributed by atoms with Crippen molar-refractivity contribution >= 4 is 11.6 Å². The Morgan fingerprint density at radius 1 is 0.867 bits per heavy atom. The fourth-order valence-corrected chi connectivity index (χ4v) is 4.64. The topological polar surface area (TPSA) is 50.8 Å². The van der Waals surface area contributed by atoms with Crippen molar-refractivity contribution in [2.75, 3.05) is 31.1 Å². The van der Waals surface area contributed by atoms with Crippen molar-refractivity contribution in [3.8, 4) is 0 Å². The first kappa shape index (κ1) is 18.8. The third-order valence-electron chi connectivity index (χ3n) is 6.26. The van der Waals surface area contributed by atoms with Crippen molar-refractivity contribution in [2.45, 2.75) is 19.9 Å². The van der Waals surface area contributed by atoms with Crippen LogP contribution in [-0.2, 0) is 0 Å². The van der Waals surface area contributed by atoms with Crippen LogP contribution >= 0.6 is 0 Å². The van der Waals surface area contributed by atoms with Crippen molar-refractivity contribution in [3.05, 3.63) is 89.4 Å². The third-order valence-corrected chi connectivity index (χ3v) is 6.26. The average molecular weight is 400 g/mol. The molecule has 1 saturated heterocycles. The maximum absolute atomic E-state index is 4.57. The summed E-state index contributed by atoms with van der Waals surface area (Å²) >= 11 is 0. The van der Waals surface area contributed by atoms with Gasteiger partial charge in [-0.05, 0) is 13.8 Å². The number of rotatable bonds is 4. The molecule has 0 saturated carbocycles. The van der Waals surface area contributed by atoms with Crippen LogP contribution in [0.5, 0.6) is 0 Å². The Morgan fingerprint density at radius 2 is 1.47 bits per heavy atom. The minimum atomic E-state index is 0.348. The molecule has 152 valence electrons. The Balaban J connectivity index is 1.44. The van der Waals surface area contributed by atoms with Crippen LogP contribution in [-0.4, -0.2) is 45.8 Å². The molecule has 5 rings (SSSR count). The second-order valence-corrected chi connectivity index (χ2v) is 8.02. The van der Waals surface area contributed by atoms with E-state index in [0.717, 1.165) is 37.7 Å². The number of nitrogens with one attached hydrogen (secondary N) is 1. The number of fused-ring (bicyclic) bond motifs is 1. The number of nitrogens with zero attached hydrogens (tertiary/aromatic N) is 5. The third kappa shape index (κ3) is 3.33. The lowest BCUT2D eigenvalue weighted by atomic mass is 9.96. The number of aryl methyl sites for hydroxylation is 1. The SMILES string of the molecule is Cc1nc2ncnn2c(N2CC[NH+](C(c3ccccc3)c3ccccc3)CC2)c1C. The number of hydrogen-bond donors (Lipinski definition) is 1. The Kier molecular flexibility index (Phi) is 4.93. The van der Waals surface area contributed by atoms with Crippen LogP contribution in [0.1, 0.15) is 28.4 Å². The Labute approximate surface area is 176 Å². The molecular formula is C24H27N6+. The summed E-state index contributed by atoms with van der Waals surface area (Å²) in [4.78, 5) is 12.9. The van der Waals surface area contributed by atoms with Gasteiger partial charge in [0.2, 0.25) is 0 Å². The van der Waals surface area contributed by atoms with Crippen molar-refractivity contribution < 1.29 is 4.90 Å². The molecule has 6 heteroatoms. The van der Waals surface area contributed by atoms with E-state index in [1.807, 2.05) is 4.52 Å². The van der Waals surface area contributed by atoms with Gasteiger partial charge in [0.25, 0.3) is 5.78 Å². The van der Waals surface area contributed by atoms with Crippen molar-refractivity contribution in [1.82, 2.24) is 19.6 Å². The first-order chi connectivity index (χ1) is 14.7. The Bertz CT molecular complexity index is 1090. The molecule has 1 aliphatic rings. The van der Waals surface area contributed by atoms with Crippen LogP contribution in [0.2, 0.25) is 0 Å². The first-order valence-electron chi connectivity index (χ1n) is 10.6. The highest BCUT2D eigenvalue weighted by Gasteiger charge is 2.31. The predicted molar refractivity (Wildman–Crippen MR) is 118 cm³/mol. The van der Waals surface area contributed by atoms with E-state index in [1.54, 1.807) is 11.2 Å². The molecule has 30 heavy (non-hydrogen) atoms. The van der Waals surface area contributed by atoms with Crippen molar-refractivity contribution in [2.24, 2.45) is 0 Å². The maximum Gasteiger partial charge on any atom is 0.254 e. The summed E-state index contributed by atoms with van der Waals surface area (Å²) in [6.07, 6.45) is 1.59. The van der Waals surface area contributed by atoms with Gasteiger partial charge in [-0.2, -0.15) is 14.6 Å². The molecule has 1 aliphatic heterocycles. The highest BCUT2D eigenvalue weighted by atomic mass is 15.4. The minimum absolute atomic E-state index is 0.348. The summed E-state index contributed by atoms with van der Waals surface area (Å²) in [6, 6.07) is 22.1. The molecule has 0 aliphatic carbocycles. The first-order valence-corrected chi connectivity index (χ1v) is 10.6. The van der Waals surface area contributed by atoms with Crippen molar-refractivity contribution in [1.29, 1.82) is 0 Å². The molecule has 0 amide bonds. The highest BCUT2D eigenvalue weighted by molar-refractivity contribution is 5.54. The van der Waals surface area contributed by atoms with E-state index in [9.17, 15) is 0 Å². The van der Waals surface area contributed by atoms with Gasteiger partial charge in [0.15, 0.2) is 0 Å². The molecule has 4 aromatic rings. The second kappa shape index (κ2) is 7.88. The van der Waals surface area contributed by atoms with E-state index >= 15 is 0 Å². The van der Waals surface area contributed by atoms with Gasteiger partial charge in [-0.15, -0.1) is 0 Å². The van der Waals surface area contributed by atoms with Crippen LogP contribution in [0.25, 0.3) is 5.78 Å². The molecule has 0 spiro atoms. The summed E-state index contributed by atoms with van der Waals surface area (Å²) in [5, 5.41) is 4.44. The fourth-order valence-electron chi connectivity index (χ4n) is 4.64. The van der Waals surface area contributed by atoms with Crippen LogP contribution < -0.4 is 9.80 Å². The van der Waals surface area contributed by atoms with E-state index in [-0.39, 0.29) is 0 Å². The van der Waals surface area contributed by atoms with Gasteiger partial charge in [0.1, 0.15) is 18.2 Å². The molecule has 0 bridgehead atoms. The van der Waals surface area contributed by atoms with Gasteiger partial charge in [0, 0.05) is 22.4 Å². The number of hydrogen-bond acceptors (Lipinski definition) is 4. The number of quaternary nitrogens is 1. The molecule has 0 radical (unpaired) electrons. The normalized spacial score (nSPS) is 15.2. The average Bonchev–Trinajstić information content (AvgIpc) is 3.25. The molecule has 1 fully saturated rings. The van der Waals surface area contributed by atoms with Gasteiger partial charge in [-0.25, -0.2) is 4.98 Å². The van der Waals surface area contributed by atoms with Gasteiger partial charge < -0.3 is 9.80 Å². The summed E-state index contributed by atoms with van der Waals surface area (Å²) in [5.41, 5.74) is 4.95. The number of benzene rings is 2. The number of anilines is 1. The van der Waals surface area contributed by atoms with E-state index in [1.165, 1.54) is 16.7 Å². The van der Waals surface area contributed by atoms with Crippen LogP contribution in [0.15, 0.2) is 67.0 Å². The van der Waals surface area contributed by atoms with Crippen molar-refractivity contribution in [3.63, 3.8) is 0 Å². The molecule has 2 aromatic heterocycles. The molecule has 3 heterocycles.